The maximum atomic E-state index is 13.2. The number of likely N-dealkylation sites (tertiary alicyclic amines) is 2. The Hall–Kier alpha value is -2.61. The molecule has 1 atom stereocenters. The van der Waals surface area contributed by atoms with Crippen molar-refractivity contribution in [2.45, 2.75) is 72.4 Å². The number of amides is 4. The van der Waals surface area contributed by atoms with Gasteiger partial charge in [0.1, 0.15) is 6.04 Å². The zero-order valence-corrected chi connectivity index (χ0v) is 21.5. The van der Waals surface area contributed by atoms with Crippen LogP contribution in [-0.2, 0) is 14.3 Å². The second kappa shape index (κ2) is 10.3. The van der Waals surface area contributed by atoms with Crippen molar-refractivity contribution in [3.8, 4) is 0 Å². The van der Waals surface area contributed by atoms with Gasteiger partial charge >= 0.3 is 6.03 Å². The highest BCUT2D eigenvalue weighted by Crippen LogP contribution is 2.40. The molecule has 0 aromatic heterocycles. The van der Waals surface area contributed by atoms with E-state index in [0.717, 1.165) is 30.5 Å². The number of benzene rings is 1. The third-order valence-electron chi connectivity index (χ3n) is 6.84. The SMILES string of the molecule is CC(=O)NC(COC(C)(C)C)C(=O)N1CCC2(CCN(C(=O)Nc3ccc(C)cc3C)CC2)C1. The van der Waals surface area contributed by atoms with Crippen LogP contribution in [0.2, 0.25) is 0 Å². The summed E-state index contributed by atoms with van der Waals surface area (Å²) in [4.78, 5) is 41.4. The van der Waals surface area contributed by atoms with Crippen LogP contribution in [0.5, 0.6) is 0 Å². The molecule has 2 aliphatic rings. The first-order chi connectivity index (χ1) is 15.9. The third kappa shape index (κ3) is 6.72. The van der Waals surface area contributed by atoms with Crippen molar-refractivity contribution >= 4 is 23.5 Å². The molecule has 1 aromatic carbocycles. The summed E-state index contributed by atoms with van der Waals surface area (Å²) >= 11 is 0. The standard InChI is InChI=1S/C26H40N4O4/c1-18-7-8-21(19(2)15-18)28-24(33)29-12-9-26(10-13-29)11-14-30(17-26)23(32)22(27-20(3)31)16-34-25(4,5)6/h7-8,15,22H,9-14,16-17H2,1-6H3,(H,27,31)(H,28,33). The van der Waals surface area contributed by atoms with Crippen molar-refractivity contribution in [3.63, 3.8) is 0 Å². The fourth-order valence-corrected chi connectivity index (χ4v) is 4.84. The van der Waals surface area contributed by atoms with Gasteiger partial charge in [-0.25, -0.2) is 4.79 Å². The second-order valence-electron chi connectivity index (χ2n) is 10.9. The van der Waals surface area contributed by atoms with Crippen molar-refractivity contribution in [3.05, 3.63) is 29.3 Å². The van der Waals surface area contributed by atoms with Gasteiger partial charge in [-0.15, -0.1) is 0 Å². The molecule has 8 nitrogen and oxygen atoms in total. The predicted molar refractivity (Wildman–Crippen MR) is 133 cm³/mol. The minimum absolute atomic E-state index is 0.0257. The normalized spacial score (nSPS) is 18.6. The van der Waals surface area contributed by atoms with Gasteiger partial charge in [-0.05, 0) is 70.9 Å². The van der Waals surface area contributed by atoms with Gasteiger partial charge in [-0.2, -0.15) is 0 Å². The van der Waals surface area contributed by atoms with Crippen LogP contribution in [0.1, 0.15) is 58.1 Å². The molecular formula is C26H40N4O4. The van der Waals surface area contributed by atoms with Gasteiger partial charge in [0.15, 0.2) is 0 Å². The van der Waals surface area contributed by atoms with E-state index in [9.17, 15) is 14.4 Å². The summed E-state index contributed by atoms with van der Waals surface area (Å²) in [7, 11) is 0. The van der Waals surface area contributed by atoms with Crippen LogP contribution in [0.4, 0.5) is 10.5 Å². The molecular weight excluding hydrogens is 432 g/mol. The largest absolute Gasteiger partial charge is 0.373 e. The number of rotatable bonds is 5. The van der Waals surface area contributed by atoms with E-state index in [1.54, 1.807) is 0 Å². The monoisotopic (exact) mass is 472 g/mol. The molecule has 2 fully saturated rings. The molecule has 1 spiro atoms. The number of carbonyl (C=O) groups is 3. The Morgan fingerprint density at radius 2 is 1.68 bits per heavy atom. The highest BCUT2D eigenvalue weighted by molar-refractivity contribution is 5.90. The van der Waals surface area contributed by atoms with E-state index in [1.807, 2.05) is 56.6 Å². The fraction of sp³-hybridized carbons (Fsp3) is 0.654. The van der Waals surface area contributed by atoms with E-state index in [1.165, 1.54) is 12.5 Å². The zero-order chi connectivity index (χ0) is 25.1. The first-order valence-corrected chi connectivity index (χ1v) is 12.2. The predicted octanol–water partition coefficient (Wildman–Crippen LogP) is 3.47. The van der Waals surface area contributed by atoms with E-state index in [2.05, 4.69) is 16.7 Å². The summed E-state index contributed by atoms with van der Waals surface area (Å²) in [6, 6.07) is 5.25. The first-order valence-electron chi connectivity index (χ1n) is 12.2. The molecule has 1 aromatic rings. The molecule has 3 rings (SSSR count). The highest BCUT2D eigenvalue weighted by Gasteiger charge is 2.44. The van der Waals surface area contributed by atoms with Gasteiger partial charge in [0.05, 0.1) is 12.2 Å². The molecule has 2 heterocycles. The lowest BCUT2D eigenvalue weighted by Gasteiger charge is -2.39. The Morgan fingerprint density at radius 3 is 2.24 bits per heavy atom. The van der Waals surface area contributed by atoms with E-state index < -0.39 is 11.6 Å². The zero-order valence-electron chi connectivity index (χ0n) is 21.5. The van der Waals surface area contributed by atoms with Crippen LogP contribution in [0.25, 0.3) is 0 Å². The molecule has 34 heavy (non-hydrogen) atoms. The van der Waals surface area contributed by atoms with Crippen molar-refractivity contribution in [2.24, 2.45) is 5.41 Å². The number of hydrogen-bond donors (Lipinski definition) is 2. The third-order valence-corrected chi connectivity index (χ3v) is 6.84. The van der Waals surface area contributed by atoms with E-state index >= 15 is 0 Å². The summed E-state index contributed by atoms with van der Waals surface area (Å²) < 4.78 is 5.80. The first kappa shape index (κ1) is 26.0. The molecule has 1 unspecified atom stereocenters. The quantitative estimate of drug-likeness (QED) is 0.687. The fourth-order valence-electron chi connectivity index (χ4n) is 4.84. The summed E-state index contributed by atoms with van der Waals surface area (Å²) in [5.74, 6) is -0.334. The van der Waals surface area contributed by atoms with Gasteiger partial charge in [0, 0.05) is 38.8 Å². The minimum atomic E-state index is -0.685. The summed E-state index contributed by atoms with van der Waals surface area (Å²) in [6.45, 7) is 14.0. The van der Waals surface area contributed by atoms with E-state index in [0.29, 0.717) is 26.2 Å². The molecule has 0 aliphatic carbocycles. The summed E-state index contributed by atoms with van der Waals surface area (Å²) in [6.07, 6.45) is 2.64. The number of nitrogens with zero attached hydrogens (tertiary/aromatic N) is 2. The number of aryl methyl sites for hydroxylation is 2. The smallest absolute Gasteiger partial charge is 0.321 e. The van der Waals surface area contributed by atoms with Gasteiger partial charge < -0.3 is 25.2 Å². The number of urea groups is 1. The Labute approximate surface area is 203 Å². The van der Waals surface area contributed by atoms with Crippen LogP contribution in [0, 0.1) is 19.3 Å². The van der Waals surface area contributed by atoms with Crippen molar-refractivity contribution in [1.82, 2.24) is 15.1 Å². The molecule has 2 saturated heterocycles. The minimum Gasteiger partial charge on any atom is -0.373 e. The maximum absolute atomic E-state index is 13.2. The number of anilines is 1. The van der Waals surface area contributed by atoms with Crippen molar-refractivity contribution < 1.29 is 19.1 Å². The van der Waals surface area contributed by atoms with Crippen LogP contribution in [0.15, 0.2) is 18.2 Å². The van der Waals surface area contributed by atoms with Gasteiger partial charge in [-0.1, -0.05) is 17.7 Å². The molecule has 0 radical (unpaired) electrons. The van der Waals surface area contributed by atoms with Crippen molar-refractivity contribution in [2.75, 3.05) is 38.1 Å². The molecule has 2 N–H and O–H groups in total. The molecule has 2 aliphatic heterocycles. The molecule has 8 heteroatoms. The Morgan fingerprint density at radius 1 is 1.06 bits per heavy atom. The average Bonchev–Trinajstić information content (AvgIpc) is 3.15. The van der Waals surface area contributed by atoms with Crippen LogP contribution in [-0.4, -0.2) is 72.1 Å². The number of hydrogen-bond acceptors (Lipinski definition) is 4. The van der Waals surface area contributed by atoms with E-state index in [4.69, 9.17) is 4.74 Å². The van der Waals surface area contributed by atoms with Crippen LogP contribution < -0.4 is 10.6 Å². The molecule has 4 amide bonds. The number of piperidine rings is 1. The average molecular weight is 473 g/mol. The van der Waals surface area contributed by atoms with E-state index in [-0.39, 0.29) is 29.9 Å². The number of ether oxygens (including phenoxy) is 1. The number of carbonyl (C=O) groups excluding carboxylic acids is 3. The Balaban J connectivity index is 1.55. The molecule has 188 valence electrons. The topological polar surface area (TPSA) is 91.0 Å². The Bertz CT molecular complexity index is 916. The van der Waals surface area contributed by atoms with Crippen molar-refractivity contribution in [1.29, 1.82) is 0 Å². The maximum Gasteiger partial charge on any atom is 0.321 e. The van der Waals surface area contributed by atoms with Gasteiger partial charge in [0.25, 0.3) is 0 Å². The summed E-state index contributed by atoms with van der Waals surface area (Å²) in [5.41, 5.74) is 2.69. The molecule has 0 bridgehead atoms. The van der Waals surface area contributed by atoms with Gasteiger partial charge in [0.2, 0.25) is 11.8 Å². The lowest BCUT2D eigenvalue weighted by molar-refractivity contribution is -0.139. The van der Waals surface area contributed by atoms with Gasteiger partial charge in [-0.3, -0.25) is 9.59 Å². The lowest BCUT2D eigenvalue weighted by atomic mass is 9.78. The lowest BCUT2D eigenvalue weighted by Crippen LogP contribution is -2.52. The Kier molecular flexibility index (Phi) is 7.91. The summed E-state index contributed by atoms with van der Waals surface area (Å²) in [5, 5.41) is 5.80. The van der Waals surface area contributed by atoms with Crippen LogP contribution >= 0.6 is 0 Å². The highest BCUT2D eigenvalue weighted by atomic mass is 16.5. The second-order valence-corrected chi connectivity index (χ2v) is 10.9. The number of nitrogens with one attached hydrogen (secondary N) is 2. The van der Waals surface area contributed by atoms with Crippen LogP contribution in [0.3, 0.4) is 0 Å². The molecule has 0 saturated carbocycles.